The highest BCUT2D eigenvalue weighted by atomic mass is 35.5. The fourth-order valence-electron chi connectivity index (χ4n) is 1.59. The van der Waals surface area contributed by atoms with Crippen LogP contribution in [0.1, 0.15) is 30.9 Å². The quantitative estimate of drug-likeness (QED) is 0.839. The molecule has 0 bridgehead atoms. The molecule has 1 saturated carbocycles. The Morgan fingerprint density at radius 2 is 2.00 bits per heavy atom. The van der Waals surface area contributed by atoms with Crippen molar-refractivity contribution in [3.63, 3.8) is 0 Å². The van der Waals surface area contributed by atoms with Crippen LogP contribution in [0.2, 0.25) is 10.0 Å². The molecule has 0 amide bonds. The summed E-state index contributed by atoms with van der Waals surface area (Å²) in [6.45, 7) is 0. The average Bonchev–Trinajstić information content (AvgIpc) is 2.93. The summed E-state index contributed by atoms with van der Waals surface area (Å²) in [4.78, 5) is 0. The number of benzene rings is 1. The molecular formula is C11H13Cl2N. The van der Waals surface area contributed by atoms with E-state index >= 15 is 0 Å². The first-order chi connectivity index (χ1) is 6.66. The molecule has 0 heterocycles. The van der Waals surface area contributed by atoms with Gasteiger partial charge in [-0.15, -0.1) is 0 Å². The van der Waals surface area contributed by atoms with Gasteiger partial charge in [-0.05, 0) is 30.0 Å². The molecule has 1 aromatic rings. The summed E-state index contributed by atoms with van der Waals surface area (Å²) < 4.78 is 0. The van der Waals surface area contributed by atoms with Gasteiger partial charge in [-0.3, -0.25) is 0 Å². The average molecular weight is 230 g/mol. The Kier molecular flexibility index (Phi) is 3.01. The predicted molar refractivity (Wildman–Crippen MR) is 60.7 cm³/mol. The third-order valence-electron chi connectivity index (χ3n) is 2.66. The zero-order valence-electron chi connectivity index (χ0n) is 7.84. The molecule has 0 spiro atoms. The van der Waals surface area contributed by atoms with Crippen LogP contribution in [-0.4, -0.2) is 0 Å². The summed E-state index contributed by atoms with van der Waals surface area (Å²) >= 11 is 11.8. The van der Waals surface area contributed by atoms with Gasteiger partial charge in [0.15, 0.2) is 0 Å². The van der Waals surface area contributed by atoms with Crippen molar-refractivity contribution in [2.24, 2.45) is 11.7 Å². The van der Waals surface area contributed by atoms with E-state index in [0.717, 1.165) is 17.9 Å². The summed E-state index contributed by atoms with van der Waals surface area (Å²) in [5, 5.41) is 1.18. The molecule has 1 unspecified atom stereocenters. The predicted octanol–water partition coefficient (Wildman–Crippen LogP) is 3.79. The summed E-state index contributed by atoms with van der Waals surface area (Å²) in [7, 11) is 0. The molecule has 0 aliphatic heterocycles. The first-order valence-electron chi connectivity index (χ1n) is 4.87. The van der Waals surface area contributed by atoms with Crippen molar-refractivity contribution < 1.29 is 0 Å². The molecule has 1 aliphatic rings. The normalized spacial score (nSPS) is 18.2. The van der Waals surface area contributed by atoms with Gasteiger partial charge in [-0.25, -0.2) is 0 Å². The Hall–Kier alpha value is -0.240. The van der Waals surface area contributed by atoms with Crippen molar-refractivity contribution in [1.29, 1.82) is 0 Å². The monoisotopic (exact) mass is 229 g/mol. The molecule has 0 saturated heterocycles. The fourth-order valence-corrected chi connectivity index (χ4v) is 1.90. The molecule has 1 nitrogen and oxygen atoms in total. The minimum absolute atomic E-state index is 0.109. The van der Waals surface area contributed by atoms with E-state index in [1.54, 1.807) is 0 Å². The van der Waals surface area contributed by atoms with Gasteiger partial charge in [0.05, 0.1) is 10.0 Å². The van der Waals surface area contributed by atoms with E-state index in [9.17, 15) is 0 Å². The lowest BCUT2D eigenvalue weighted by atomic mass is 10.0. The maximum Gasteiger partial charge on any atom is 0.0595 e. The van der Waals surface area contributed by atoms with Crippen LogP contribution in [0.15, 0.2) is 18.2 Å². The van der Waals surface area contributed by atoms with Crippen molar-refractivity contribution in [2.75, 3.05) is 0 Å². The van der Waals surface area contributed by atoms with Crippen LogP contribution in [0.25, 0.3) is 0 Å². The second kappa shape index (κ2) is 4.09. The molecular weight excluding hydrogens is 217 g/mol. The van der Waals surface area contributed by atoms with Gasteiger partial charge in [0.2, 0.25) is 0 Å². The summed E-state index contributed by atoms with van der Waals surface area (Å²) in [6, 6.07) is 5.75. The highest BCUT2D eigenvalue weighted by Gasteiger charge is 2.24. The first-order valence-corrected chi connectivity index (χ1v) is 5.63. The lowest BCUT2D eigenvalue weighted by molar-refractivity contribution is 0.597. The molecule has 0 radical (unpaired) electrons. The van der Waals surface area contributed by atoms with Crippen molar-refractivity contribution in [3.8, 4) is 0 Å². The number of rotatable bonds is 3. The third kappa shape index (κ3) is 2.41. The molecule has 1 fully saturated rings. The highest BCUT2D eigenvalue weighted by molar-refractivity contribution is 6.42. The second-order valence-electron chi connectivity index (χ2n) is 3.96. The molecule has 1 aromatic carbocycles. The van der Waals surface area contributed by atoms with Gasteiger partial charge >= 0.3 is 0 Å². The number of halogens is 2. The number of hydrogen-bond acceptors (Lipinski definition) is 1. The van der Waals surface area contributed by atoms with Gasteiger partial charge < -0.3 is 5.73 Å². The molecule has 76 valence electrons. The van der Waals surface area contributed by atoms with E-state index in [0.29, 0.717) is 10.0 Å². The van der Waals surface area contributed by atoms with Crippen LogP contribution >= 0.6 is 23.2 Å². The Labute approximate surface area is 94.2 Å². The Morgan fingerprint density at radius 1 is 1.29 bits per heavy atom. The third-order valence-corrected chi connectivity index (χ3v) is 3.40. The molecule has 2 rings (SSSR count). The standard InChI is InChI=1S/C11H13Cl2N/c12-9-4-3-8(6-10(9)13)11(14)5-7-1-2-7/h3-4,6-7,11H,1-2,5,14H2. The zero-order valence-corrected chi connectivity index (χ0v) is 9.35. The molecule has 1 atom stereocenters. The van der Waals surface area contributed by atoms with Crippen LogP contribution in [0.5, 0.6) is 0 Å². The van der Waals surface area contributed by atoms with Crippen LogP contribution in [0.4, 0.5) is 0 Å². The van der Waals surface area contributed by atoms with Gasteiger partial charge in [-0.1, -0.05) is 42.1 Å². The Balaban J connectivity index is 2.10. The SMILES string of the molecule is NC(CC1CC1)c1ccc(Cl)c(Cl)c1. The van der Waals surface area contributed by atoms with E-state index in [-0.39, 0.29) is 6.04 Å². The second-order valence-corrected chi connectivity index (χ2v) is 4.77. The summed E-state index contributed by atoms with van der Waals surface area (Å²) in [6.07, 6.45) is 3.72. The smallest absolute Gasteiger partial charge is 0.0595 e. The number of hydrogen-bond donors (Lipinski definition) is 1. The van der Waals surface area contributed by atoms with Gasteiger partial charge in [0.1, 0.15) is 0 Å². The maximum absolute atomic E-state index is 6.05. The lowest BCUT2D eigenvalue weighted by Crippen LogP contribution is -2.10. The summed E-state index contributed by atoms with van der Waals surface area (Å²) in [5.41, 5.74) is 7.14. The van der Waals surface area contributed by atoms with E-state index in [2.05, 4.69) is 0 Å². The first kappa shape index (κ1) is 10.3. The van der Waals surface area contributed by atoms with Crippen LogP contribution in [0, 0.1) is 5.92 Å². The zero-order chi connectivity index (χ0) is 10.1. The van der Waals surface area contributed by atoms with Crippen molar-refractivity contribution in [1.82, 2.24) is 0 Å². The topological polar surface area (TPSA) is 26.0 Å². The van der Waals surface area contributed by atoms with Crippen molar-refractivity contribution in [2.45, 2.75) is 25.3 Å². The lowest BCUT2D eigenvalue weighted by Gasteiger charge is -2.11. The minimum Gasteiger partial charge on any atom is -0.324 e. The minimum atomic E-state index is 0.109. The van der Waals surface area contributed by atoms with Crippen molar-refractivity contribution in [3.05, 3.63) is 33.8 Å². The molecule has 14 heavy (non-hydrogen) atoms. The van der Waals surface area contributed by atoms with Crippen molar-refractivity contribution >= 4 is 23.2 Å². The highest BCUT2D eigenvalue weighted by Crippen LogP contribution is 2.37. The summed E-state index contributed by atoms with van der Waals surface area (Å²) in [5.74, 6) is 0.833. The van der Waals surface area contributed by atoms with E-state index in [1.807, 2.05) is 18.2 Å². The van der Waals surface area contributed by atoms with Gasteiger partial charge in [0.25, 0.3) is 0 Å². The van der Waals surface area contributed by atoms with Gasteiger partial charge in [-0.2, -0.15) is 0 Å². The molecule has 1 aliphatic carbocycles. The maximum atomic E-state index is 6.05. The van der Waals surface area contributed by atoms with E-state index in [1.165, 1.54) is 12.8 Å². The molecule has 0 aromatic heterocycles. The Morgan fingerprint density at radius 3 is 2.57 bits per heavy atom. The fraction of sp³-hybridized carbons (Fsp3) is 0.455. The van der Waals surface area contributed by atoms with E-state index < -0.39 is 0 Å². The van der Waals surface area contributed by atoms with Crippen LogP contribution in [0.3, 0.4) is 0 Å². The largest absolute Gasteiger partial charge is 0.324 e. The molecule has 3 heteroatoms. The van der Waals surface area contributed by atoms with Crippen LogP contribution < -0.4 is 5.73 Å². The molecule has 2 N–H and O–H groups in total. The van der Waals surface area contributed by atoms with Crippen LogP contribution in [-0.2, 0) is 0 Å². The van der Waals surface area contributed by atoms with Gasteiger partial charge in [0, 0.05) is 6.04 Å². The Bertz CT molecular complexity index is 334. The van der Waals surface area contributed by atoms with E-state index in [4.69, 9.17) is 28.9 Å². The number of nitrogens with two attached hydrogens (primary N) is 1.